The van der Waals surface area contributed by atoms with Gasteiger partial charge in [-0.2, -0.15) is 5.10 Å². The van der Waals surface area contributed by atoms with E-state index >= 15 is 0 Å². The highest BCUT2D eigenvalue weighted by molar-refractivity contribution is 6.30. The molecular weight excluding hydrogens is 186 g/mol. The van der Waals surface area contributed by atoms with Gasteiger partial charge in [-0.25, -0.2) is 0 Å². The maximum atomic E-state index is 5.96. The van der Waals surface area contributed by atoms with Crippen LogP contribution in [0, 0.1) is 0 Å². The molecule has 0 aromatic carbocycles. The Labute approximate surface area is 83.7 Å². The lowest BCUT2D eigenvalue weighted by Gasteiger charge is -2.11. The van der Waals surface area contributed by atoms with Crippen molar-refractivity contribution in [2.45, 2.75) is 32.6 Å². The normalized spacial score (nSPS) is 13.7. The van der Waals surface area contributed by atoms with Gasteiger partial charge in [-0.3, -0.25) is 5.10 Å². The first kappa shape index (κ1) is 10.5. The Morgan fingerprint density at radius 2 is 2.08 bits per heavy atom. The maximum absolute atomic E-state index is 5.96. The van der Waals surface area contributed by atoms with Crippen LogP contribution < -0.4 is 5.73 Å². The molecule has 3 N–H and O–H groups in total. The summed E-state index contributed by atoms with van der Waals surface area (Å²) in [6, 6.07) is 0. The minimum atomic E-state index is 0.267. The average molecular weight is 202 g/mol. The van der Waals surface area contributed by atoms with Crippen molar-refractivity contribution in [3.8, 4) is 0 Å². The van der Waals surface area contributed by atoms with Gasteiger partial charge in [0.2, 0.25) is 0 Å². The highest BCUT2D eigenvalue weighted by Gasteiger charge is 2.18. The number of nitrogens with two attached hydrogens (primary N) is 1. The molecule has 0 saturated heterocycles. The number of rotatable bonds is 3. The van der Waals surface area contributed by atoms with Crippen LogP contribution in [0.3, 0.4) is 0 Å². The summed E-state index contributed by atoms with van der Waals surface area (Å²) in [5.74, 6) is 0.674. The van der Waals surface area contributed by atoms with Crippen LogP contribution in [0.5, 0.6) is 0 Å². The van der Waals surface area contributed by atoms with E-state index in [1.807, 2.05) is 0 Å². The molecular formula is C9H16ClN3. The number of halogens is 1. The van der Waals surface area contributed by atoms with E-state index < -0.39 is 0 Å². The molecule has 1 heterocycles. The van der Waals surface area contributed by atoms with Gasteiger partial charge in [0.15, 0.2) is 5.15 Å². The van der Waals surface area contributed by atoms with Gasteiger partial charge in [0.1, 0.15) is 0 Å². The highest BCUT2D eigenvalue weighted by Crippen LogP contribution is 2.29. The lowest BCUT2D eigenvalue weighted by atomic mass is 9.97. The zero-order valence-corrected chi connectivity index (χ0v) is 9.02. The molecule has 0 radical (unpaired) electrons. The number of nitrogens with zero attached hydrogens (tertiary/aromatic N) is 1. The molecule has 0 aliphatic heterocycles. The summed E-state index contributed by atoms with van der Waals surface area (Å²) in [5.41, 5.74) is 7.77. The Morgan fingerprint density at radius 1 is 1.46 bits per heavy atom. The van der Waals surface area contributed by atoms with Gasteiger partial charge >= 0.3 is 0 Å². The van der Waals surface area contributed by atoms with Crippen molar-refractivity contribution >= 4 is 11.6 Å². The van der Waals surface area contributed by atoms with E-state index in [4.69, 9.17) is 17.3 Å². The minimum Gasteiger partial charge on any atom is -0.330 e. The zero-order chi connectivity index (χ0) is 10.0. The first-order chi connectivity index (χ1) is 6.07. The molecule has 0 aliphatic rings. The second-order valence-corrected chi connectivity index (χ2v) is 3.99. The highest BCUT2D eigenvalue weighted by atomic mass is 35.5. The average Bonchev–Trinajstić information content (AvgIpc) is 2.46. The molecule has 0 bridgehead atoms. The van der Waals surface area contributed by atoms with Crippen molar-refractivity contribution in [2.24, 2.45) is 5.73 Å². The van der Waals surface area contributed by atoms with E-state index in [2.05, 4.69) is 31.0 Å². The summed E-state index contributed by atoms with van der Waals surface area (Å²) >= 11 is 5.96. The van der Waals surface area contributed by atoms with Crippen LogP contribution in [0.25, 0.3) is 0 Å². The lowest BCUT2D eigenvalue weighted by molar-refractivity contribution is 0.731. The first-order valence-corrected chi connectivity index (χ1v) is 4.89. The van der Waals surface area contributed by atoms with E-state index in [9.17, 15) is 0 Å². The topological polar surface area (TPSA) is 54.7 Å². The molecule has 0 saturated carbocycles. The Morgan fingerprint density at radius 3 is 2.54 bits per heavy atom. The number of hydrogen-bond donors (Lipinski definition) is 2. The number of H-pyrrole nitrogens is 1. The fourth-order valence-electron chi connectivity index (χ4n) is 1.37. The Kier molecular flexibility index (Phi) is 3.33. The van der Waals surface area contributed by atoms with Crippen LogP contribution in [-0.4, -0.2) is 16.7 Å². The number of aromatic amines is 1. The summed E-state index contributed by atoms with van der Waals surface area (Å²) in [5, 5.41) is 7.50. The predicted octanol–water partition coefficient (Wildman–Crippen LogP) is 2.25. The molecule has 4 heteroatoms. The van der Waals surface area contributed by atoms with Gasteiger partial charge in [0.25, 0.3) is 0 Å². The maximum Gasteiger partial charge on any atom is 0.154 e. The predicted molar refractivity (Wildman–Crippen MR) is 55.2 cm³/mol. The van der Waals surface area contributed by atoms with Gasteiger partial charge in [-0.1, -0.05) is 32.4 Å². The Hall–Kier alpha value is -0.540. The molecule has 0 spiro atoms. The fraction of sp³-hybridized carbons (Fsp3) is 0.667. The third kappa shape index (κ3) is 2.03. The molecule has 1 unspecified atom stereocenters. The van der Waals surface area contributed by atoms with Crippen LogP contribution in [0.1, 0.15) is 43.9 Å². The standard InChI is InChI=1S/C9H16ClN3/c1-5(2)8-7(6(3)4-11)9(10)13-12-8/h5-6H,4,11H2,1-3H3,(H,12,13). The molecule has 13 heavy (non-hydrogen) atoms. The largest absolute Gasteiger partial charge is 0.330 e. The molecule has 1 atom stereocenters. The molecule has 3 nitrogen and oxygen atoms in total. The summed E-state index contributed by atoms with van der Waals surface area (Å²) < 4.78 is 0. The smallest absolute Gasteiger partial charge is 0.154 e. The van der Waals surface area contributed by atoms with Gasteiger partial charge in [-0.05, 0) is 18.4 Å². The van der Waals surface area contributed by atoms with Gasteiger partial charge in [0.05, 0.1) is 0 Å². The van der Waals surface area contributed by atoms with Crippen LogP contribution in [0.15, 0.2) is 0 Å². The summed E-state index contributed by atoms with van der Waals surface area (Å²) in [6.45, 7) is 6.87. The molecule has 0 fully saturated rings. The first-order valence-electron chi connectivity index (χ1n) is 4.51. The Bertz CT molecular complexity index is 280. The summed E-state index contributed by atoms with van der Waals surface area (Å²) in [4.78, 5) is 0. The van der Waals surface area contributed by atoms with Gasteiger partial charge < -0.3 is 5.73 Å². The number of hydrogen-bond acceptors (Lipinski definition) is 2. The van der Waals surface area contributed by atoms with E-state index in [1.165, 1.54) is 0 Å². The fourth-order valence-corrected chi connectivity index (χ4v) is 1.70. The number of aromatic nitrogens is 2. The van der Waals surface area contributed by atoms with E-state index in [0.717, 1.165) is 11.3 Å². The molecule has 1 aromatic rings. The second-order valence-electron chi connectivity index (χ2n) is 3.63. The quantitative estimate of drug-likeness (QED) is 0.788. The monoisotopic (exact) mass is 201 g/mol. The van der Waals surface area contributed by atoms with Gasteiger partial charge in [-0.15, -0.1) is 0 Å². The lowest BCUT2D eigenvalue weighted by Crippen LogP contribution is -2.11. The van der Waals surface area contributed by atoms with Crippen molar-refractivity contribution in [3.63, 3.8) is 0 Å². The van der Waals surface area contributed by atoms with Crippen LogP contribution in [0.4, 0.5) is 0 Å². The van der Waals surface area contributed by atoms with Crippen LogP contribution in [0.2, 0.25) is 5.15 Å². The van der Waals surface area contributed by atoms with Crippen molar-refractivity contribution in [2.75, 3.05) is 6.54 Å². The second kappa shape index (κ2) is 4.11. The van der Waals surface area contributed by atoms with E-state index in [0.29, 0.717) is 17.6 Å². The van der Waals surface area contributed by atoms with E-state index in [-0.39, 0.29) is 5.92 Å². The SMILES string of the molecule is CC(C)c1[nH]nc(Cl)c1C(C)CN. The number of nitrogens with one attached hydrogen (secondary N) is 1. The molecule has 1 rings (SSSR count). The van der Waals surface area contributed by atoms with Crippen molar-refractivity contribution in [1.29, 1.82) is 0 Å². The minimum absolute atomic E-state index is 0.267. The summed E-state index contributed by atoms with van der Waals surface area (Å²) in [6.07, 6.45) is 0. The van der Waals surface area contributed by atoms with E-state index in [1.54, 1.807) is 0 Å². The van der Waals surface area contributed by atoms with Crippen LogP contribution in [-0.2, 0) is 0 Å². The molecule has 0 amide bonds. The molecule has 1 aromatic heterocycles. The van der Waals surface area contributed by atoms with Gasteiger partial charge in [0, 0.05) is 11.3 Å². The Balaban J connectivity index is 3.08. The van der Waals surface area contributed by atoms with Crippen molar-refractivity contribution < 1.29 is 0 Å². The van der Waals surface area contributed by atoms with Crippen molar-refractivity contribution in [3.05, 3.63) is 16.4 Å². The summed E-state index contributed by atoms with van der Waals surface area (Å²) in [7, 11) is 0. The third-order valence-electron chi connectivity index (χ3n) is 2.21. The van der Waals surface area contributed by atoms with Crippen molar-refractivity contribution in [1.82, 2.24) is 10.2 Å². The third-order valence-corrected chi connectivity index (χ3v) is 2.50. The zero-order valence-electron chi connectivity index (χ0n) is 8.26. The molecule has 0 aliphatic carbocycles. The molecule has 74 valence electrons. The van der Waals surface area contributed by atoms with Crippen LogP contribution >= 0.6 is 11.6 Å².